The minimum Gasteiger partial charge on any atom is -0.328 e. The van der Waals surface area contributed by atoms with Gasteiger partial charge in [-0.25, -0.2) is 0 Å². The molecule has 0 radical (unpaired) electrons. The molecule has 2 nitrogen and oxygen atoms in total. The molecule has 0 aromatic carbocycles. The molecule has 0 heterocycles. The number of hydrogen-bond donors (Lipinski definition) is 2. The van der Waals surface area contributed by atoms with E-state index in [0.29, 0.717) is 11.8 Å². The Kier molecular flexibility index (Phi) is 6.11. The van der Waals surface area contributed by atoms with Crippen LogP contribution in [-0.4, -0.2) is 11.6 Å². The van der Waals surface area contributed by atoms with Gasteiger partial charge in [0, 0.05) is 11.6 Å². The van der Waals surface area contributed by atoms with Crippen LogP contribution in [0.15, 0.2) is 0 Å². The molecule has 116 valence electrons. The summed E-state index contributed by atoms with van der Waals surface area (Å²) in [5.74, 6) is 1.21. The lowest BCUT2D eigenvalue weighted by Crippen LogP contribution is -2.47. The molecule has 0 saturated carbocycles. The number of nitrogens with two attached hydrogens (primary N) is 2. The highest BCUT2D eigenvalue weighted by Gasteiger charge is 2.43. The van der Waals surface area contributed by atoms with Crippen LogP contribution in [0.2, 0.25) is 0 Å². The van der Waals surface area contributed by atoms with E-state index in [0.717, 1.165) is 12.8 Å². The number of rotatable bonds is 7. The van der Waals surface area contributed by atoms with Crippen LogP contribution >= 0.6 is 0 Å². The highest BCUT2D eigenvalue weighted by molar-refractivity contribution is 4.95. The maximum absolute atomic E-state index is 6.28. The third-order valence-electron chi connectivity index (χ3n) is 4.85. The van der Waals surface area contributed by atoms with Gasteiger partial charge in [0.25, 0.3) is 0 Å². The van der Waals surface area contributed by atoms with Crippen molar-refractivity contribution in [3.8, 4) is 0 Å². The van der Waals surface area contributed by atoms with Crippen LogP contribution in [-0.2, 0) is 0 Å². The molecular weight excluding hydrogens is 232 g/mol. The first kappa shape index (κ1) is 18.9. The van der Waals surface area contributed by atoms with Crippen molar-refractivity contribution in [3.63, 3.8) is 0 Å². The third-order valence-corrected chi connectivity index (χ3v) is 4.85. The lowest BCUT2D eigenvalue weighted by molar-refractivity contribution is 0.00777. The van der Waals surface area contributed by atoms with Crippen LogP contribution in [0.4, 0.5) is 0 Å². The molecule has 0 bridgehead atoms. The van der Waals surface area contributed by atoms with Crippen LogP contribution in [0.5, 0.6) is 0 Å². The first-order valence-corrected chi connectivity index (χ1v) is 7.74. The molecule has 0 amide bonds. The first-order chi connectivity index (χ1) is 8.20. The summed E-state index contributed by atoms with van der Waals surface area (Å²) in [6, 6.07) is 0.239. The normalized spacial score (nSPS) is 17.7. The van der Waals surface area contributed by atoms with Gasteiger partial charge in [-0.1, -0.05) is 41.5 Å². The molecule has 0 aliphatic carbocycles. The highest BCUT2D eigenvalue weighted by atomic mass is 14.7. The highest BCUT2D eigenvalue weighted by Crippen LogP contribution is 2.50. The molecule has 2 heteroatoms. The fraction of sp³-hybridized carbons (Fsp3) is 1.00. The zero-order chi connectivity index (χ0) is 15.6. The van der Waals surface area contributed by atoms with Crippen LogP contribution in [0, 0.1) is 22.7 Å². The summed E-state index contributed by atoms with van der Waals surface area (Å²) in [4.78, 5) is 0. The maximum atomic E-state index is 6.28. The van der Waals surface area contributed by atoms with Gasteiger partial charge in [0.15, 0.2) is 0 Å². The Bertz CT molecular complexity index is 269. The maximum Gasteiger partial charge on any atom is 0.0102 e. The Morgan fingerprint density at radius 1 is 0.895 bits per heavy atom. The summed E-state index contributed by atoms with van der Waals surface area (Å²) in [5, 5.41) is 0. The van der Waals surface area contributed by atoms with Crippen molar-refractivity contribution in [2.75, 3.05) is 0 Å². The molecule has 0 fully saturated rings. The van der Waals surface area contributed by atoms with E-state index in [2.05, 4.69) is 62.3 Å². The molecule has 0 aromatic rings. The second-order valence-electron chi connectivity index (χ2n) is 8.90. The van der Waals surface area contributed by atoms with Gasteiger partial charge in [-0.15, -0.1) is 0 Å². The van der Waals surface area contributed by atoms with Gasteiger partial charge in [0.1, 0.15) is 0 Å². The Morgan fingerprint density at radius 3 is 1.58 bits per heavy atom. The quantitative estimate of drug-likeness (QED) is 0.729. The molecule has 0 saturated heterocycles. The number of hydrogen-bond acceptors (Lipinski definition) is 2. The summed E-state index contributed by atoms with van der Waals surface area (Å²) in [5.41, 5.74) is 12.7. The van der Waals surface area contributed by atoms with E-state index in [-0.39, 0.29) is 22.4 Å². The van der Waals surface area contributed by atoms with Gasteiger partial charge in [-0.2, -0.15) is 0 Å². The zero-order valence-corrected chi connectivity index (χ0v) is 14.8. The molecule has 0 aliphatic rings. The van der Waals surface area contributed by atoms with Crippen molar-refractivity contribution >= 4 is 0 Å². The van der Waals surface area contributed by atoms with E-state index in [1.807, 2.05) is 0 Å². The summed E-state index contributed by atoms with van der Waals surface area (Å²) in [6.07, 6.45) is 2.09. The Balaban J connectivity index is 5.36. The van der Waals surface area contributed by atoms with Crippen LogP contribution in [0.3, 0.4) is 0 Å². The average Bonchev–Trinajstić information content (AvgIpc) is 2.09. The van der Waals surface area contributed by atoms with Crippen molar-refractivity contribution in [2.24, 2.45) is 34.1 Å². The summed E-state index contributed by atoms with van der Waals surface area (Å²) in [6.45, 7) is 20.5. The summed E-state index contributed by atoms with van der Waals surface area (Å²) < 4.78 is 0. The van der Waals surface area contributed by atoms with E-state index in [1.165, 1.54) is 0 Å². The molecule has 4 N–H and O–H groups in total. The van der Waals surface area contributed by atoms with Crippen molar-refractivity contribution in [1.29, 1.82) is 0 Å². The molecule has 2 unspecified atom stereocenters. The largest absolute Gasteiger partial charge is 0.328 e. The van der Waals surface area contributed by atoms with Gasteiger partial charge in [0.2, 0.25) is 0 Å². The van der Waals surface area contributed by atoms with Crippen molar-refractivity contribution in [1.82, 2.24) is 0 Å². The van der Waals surface area contributed by atoms with Crippen molar-refractivity contribution < 1.29 is 0 Å². The Morgan fingerprint density at radius 2 is 1.32 bits per heavy atom. The van der Waals surface area contributed by atoms with Crippen molar-refractivity contribution in [3.05, 3.63) is 0 Å². The standard InChI is InChI=1S/C17H38N2/c1-12(2)17(8,9)14(10-13(3)18)15(4,5)11-16(6,7)19/h12-14H,10-11,18-19H2,1-9H3. The predicted molar refractivity (Wildman–Crippen MR) is 87.0 cm³/mol. The fourth-order valence-corrected chi connectivity index (χ4v) is 3.70. The van der Waals surface area contributed by atoms with E-state index < -0.39 is 0 Å². The first-order valence-electron chi connectivity index (χ1n) is 7.74. The Labute approximate surface area is 121 Å². The molecule has 0 aromatic heterocycles. The van der Waals surface area contributed by atoms with Gasteiger partial charge in [0.05, 0.1) is 0 Å². The van der Waals surface area contributed by atoms with E-state index >= 15 is 0 Å². The monoisotopic (exact) mass is 270 g/mol. The second kappa shape index (κ2) is 6.13. The Hall–Kier alpha value is -0.0800. The topological polar surface area (TPSA) is 52.0 Å². The van der Waals surface area contributed by atoms with Crippen LogP contribution in [0.25, 0.3) is 0 Å². The molecule has 19 heavy (non-hydrogen) atoms. The summed E-state index contributed by atoms with van der Waals surface area (Å²) in [7, 11) is 0. The zero-order valence-electron chi connectivity index (χ0n) is 14.8. The average molecular weight is 271 g/mol. The van der Waals surface area contributed by atoms with Crippen LogP contribution in [0.1, 0.15) is 75.2 Å². The van der Waals surface area contributed by atoms with Crippen molar-refractivity contribution in [2.45, 2.75) is 86.7 Å². The predicted octanol–water partition coefficient (Wildman–Crippen LogP) is 4.18. The van der Waals surface area contributed by atoms with Gasteiger partial charge < -0.3 is 11.5 Å². The second-order valence-corrected chi connectivity index (χ2v) is 8.90. The minimum absolute atomic E-state index is 0.132. The lowest BCUT2D eigenvalue weighted by atomic mass is 9.56. The van der Waals surface area contributed by atoms with E-state index in [9.17, 15) is 0 Å². The summed E-state index contributed by atoms with van der Waals surface area (Å²) >= 11 is 0. The molecule has 0 spiro atoms. The van der Waals surface area contributed by atoms with E-state index in [1.54, 1.807) is 0 Å². The van der Waals surface area contributed by atoms with Crippen LogP contribution < -0.4 is 11.5 Å². The lowest BCUT2D eigenvalue weighted by Gasteiger charge is -2.50. The van der Waals surface area contributed by atoms with E-state index in [4.69, 9.17) is 11.5 Å². The molecule has 0 rings (SSSR count). The van der Waals surface area contributed by atoms with Gasteiger partial charge in [-0.3, -0.25) is 0 Å². The third kappa shape index (κ3) is 5.83. The van der Waals surface area contributed by atoms with Gasteiger partial charge in [-0.05, 0) is 56.3 Å². The minimum atomic E-state index is -0.132. The molecule has 0 aliphatic heterocycles. The smallest absolute Gasteiger partial charge is 0.0102 e. The van der Waals surface area contributed by atoms with Gasteiger partial charge >= 0.3 is 0 Å². The SMILES string of the molecule is CC(N)CC(C(C)(C)CC(C)(C)N)C(C)(C)C(C)C. The molecular formula is C17H38N2. The fourth-order valence-electron chi connectivity index (χ4n) is 3.70. The molecule has 2 atom stereocenters.